The summed E-state index contributed by atoms with van der Waals surface area (Å²) in [5, 5.41) is 6.93. The Morgan fingerprint density at radius 3 is 2.91 bits per heavy atom. The van der Waals surface area contributed by atoms with Crippen LogP contribution in [0, 0.1) is 5.41 Å². The van der Waals surface area contributed by atoms with E-state index in [-0.39, 0.29) is 18.3 Å². The number of nitrogens with zero attached hydrogens (tertiary/aromatic N) is 1. The Morgan fingerprint density at radius 1 is 1.36 bits per heavy atom. The molecule has 1 aromatic carbocycles. The van der Waals surface area contributed by atoms with E-state index < -0.39 is 0 Å². The van der Waals surface area contributed by atoms with Crippen LogP contribution in [-0.2, 0) is 4.79 Å². The molecular formula is C16H23Cl2N3O. The minimum atomic E-state index is 0. The molecule has 0 radical (unpaired) electrons. The maximum absolute atomic E-state index is 12.0. The summed E-state index contributed by atoms with van der Waals surface area (Å²) in [6.45, 7) is 5.34. The highest BCUT2D eigenvalue weighted by atomic mass is 35.5. The Kier molecular flexibility index (Phi) is 6.09. The normalized spacial score (nSPS) is 24.4. The fourth-order valence-corrected chi connectivity index (χ4v) is 3.58. The molecule has 1 spiro atoms. The Morgan fingerprint density at radius 2 is 2.18 bits per heavy atom. The second kappa shape index (κ2) is 7.64. The van der Waals surface area contributed by atoms with E-state index >= 15 is 0 Å². The van der Waals surface area contributed by atoms with E-state index in [2.05, 4.69) is 15.5 Å². The zero-order valence-electron chi connectivity index (χ0n) is 12.6. The molecule has 0 aliphatic carbocycles. The molecule has 0 saturated carbocycles. The van der Waals surface area contributed by atoms with E-state index in [9.17, 15) is 4.79 Å². The number of benzene rings is 1. The van der Waals surface area contributed by atoms with Crippen molar-refractivity contribution in [3.8, 4) is 0 Å². The van der Waals surface area contributed by atoms with Gasteiger partial charge in [-0.3, -0.25) is 4.79 Å². The summed E-state index contributed by atoms with van der Waals surface area (Å²) in [6.07, 6.45) is 3.05. The number of likely N-dealkylation sites (tertiary alicyclic amines) is 1. The van der Waals surface area contributed by atoms with Gasteiger partial charge in [-0.2, -0.15) is 0 Å². The number of para-hydroxylation sites is 1. The lowest BCUT2D eigenvalue weighted by molar-refractivity contribution is -0.116. The maximum Gasteiger partial charge on any atom is 0.225 e. The molecule has 0 bridgehead atoms. The average molecular weight is 344 g/mol. The first-order chi connectivity index (χ1) is 10.2. The Bertz CT molecular complexity index is 518. The number of halogens is 2. The molecule has 0 aromatic heterocycles. The SMILES string of the molecule is Cl.O=C(CCN1CCC2(CCNC2)C1)Nc1ccccc1Cl. The molecule has 2 aliphatic rings. The van der Waals surface area contributed by atoms with E-state index in [1.807, 2.05) is 18.2 Å². The first-order valence-electron chi connectivity index (χ1n) is 7.64. The Balaban J connectivity index is 0.00000176. The summed E-state index contributed by atoms with van der Waals surface area (Å²) in [7, 11) is 0. The lowest BCUT2D eigenvalue weighted by Gasteiger charge is -2.22. The number of hydrogen-bond acceptors (Lipinski definition) is 3. The predicted molar refractivity (Wildman–Crippen MR) is 92.9 cm³/mol. The predicted octanol–water partition coefficient (Wildman–Crippen LogP) is 2.78. The van der Waals surface area contributed by atoms with Crippen LogP contribution in [0.3, 0.4) is 0 Å². The van der Waals surface area contributed by atoms with Crippen molar-refractivity contribution in [3.63, 3.8) is 0 Å². The summed E-state index contributed by atoms with van der Waals surface area (Å²) >= 11 is 6.05. The highest BCUT2D eigenvalue weighted by Crippen LogP contribution is 2.35. The lowest BCUT2D eigenvalue weighted by atomic mass is 9.87. The third-order valence-corrected chi connectivity index (χ3v) is 4.98. The van der Waals surface area contributed by atoms with Crippen molar-refractivity contribution in [2.45, 2.75) is 19.3 Å². The van der Waals surface area contributed by atoms with Crippen molar-refractivity contribution < 1.29 is 4.79 Å². The van der Waals surface area contributed by atoms with Crippen LogP contribution in [0.15, 0.2) is 24.3 Å². The molecule has 1 aromatic rings. The summed E-state index contributed by atoms with van der Waals surface area (Å²) in [6, 6.07) is 7.35. The van der Waals surface area contributed by atoms with Crippen molar-refractivity contribution in [3.05, 3.63) is 29.3 Å². The maximum atomic E-state index is 12.0. The van der Waals surface area contributed by atoms with Crippen molar-refractivity contribution >= 4 is 35.6 Å². The van der Waals surface area contributed by atoms with Crippen LogP contribution < -0.4 is 10.6 Å². The van der Waals surface area contributed by atoms with Gasteiger partial charge < -0.3 is 15.5 Å². The molecule has 6 heteroatoms. The van der Waals surface area contributed by atoms with Crippen LogP contribution in [0.25, 0.3) is 0 Å². The second-order valence-corrected chi connectivity index (χ2v) is 6.64. The molecule has 22 heavy (non-hydrogen) atoms. The topological polar surface area (TPSA) is 44.4 Å². The third-order valence-electron chi connectivity index (χ3n) is 4.65. The van der Waals surface area contributed by atoms with Crippen LogP contribution in [0.5, 0.6) is 0 Å². The van der Waals surface area contributed by atoms with Crippen LogP contribution in [-0.4, -0.2) is 43.5 Å². The second-order valence-electron chi connectivity index (χ2n) is 6.23. The van der Waals surface area contributed by atoms with Crippen molar-refractivity contribution in [1.82, 2.24) is 10.2 Å². The average Bonchev–Trinajstić information content (AvgIpc) is 3.10. The minimum absolute atomic E-state index is 0. The summed E-state index contributed by atoms with van der Waals surface area (Å²) in [4.78, 5) is 14.4. The van der Waals surface area contributed by atoms with E-state index in [1.165, 1.54) is 12.8 Å². The van der Waals surface area contributed by atoms with Crippen molar-refractivity contribution in [2.75, 3.05) is 38.0 Å². The van der Waals surface area contributed by atoms with E-state index in [0.29, 0.717) is 22.5 Å². The standard InChI is InChI=1S/C16H22ClN3O.ClH/c17-13-3-1-2-4-14(13)19-15(21)5-9-20-10-7-16(12-20)6-8-18-11-16;/h1-4,18H,5-12H2,(H,19,21);1H. The van der Waals surface area contributed by atoms with Gasteiger partial charge in [0, 0.05) is 26.1 Å². The quantitative estimate of drug-likeness (QED) is 0.883. The zero-order valence-corrected chi connectivity index (χ0v) is 14.2. The van der Waals surface area contributed by atoms with Gasteiger partial charge in [0.2, 0.25) is 5.91 Å². The van der Waals surface area contributed by atoms with Gasteiger partial charge in [-0.1, -0.05) is 23.7 Å². The van der Waals surface area contributed by atoms with Gasteiger partial charge in [0.05, 0.1) is 10.7 Å². The molecule has 2 N–H and O–H groups in total. The van der Waals surface area contributed by atoms with Gasteiger partial charge in [-0.15, -0.1) is 12.4 Å². The van der Waals surface area contributed by atoms with E-state index in [0.717, 1.165) is 32.7 Å². The Labute approximate surface area is 143 Å². The summed E-state index contributed by atoms with van der Waals surface area (Å²) in [5.41, 5.74) is 1.17. The molecule has 122 valence electrons. The first-order valence-corrected chi connectivity index (χ1v) is 8.02. The number of rotatable bonds is 4. The van der Waals surface area contributed by atoms with Gasteiger partial charge in [-0.05, 0) is 43.5 Å². The van der Waals surface area contributed by atoms with Gasteiger partial charge in [-0.25, -0.2) is 0 Å². The lowest BCUT2D eigenvalue weighted by Crippen LogP contribution is -2.31. The van der Waals surface area contributed by atoms with Gasteiger partial charge >= 0.3 is 0 Å². The first kappa shape index (κ1) is 17.5. The molecule has 1 unspecified atom stereocenters. The van der Waals surface area contributed by atoms with Crippen LogP contribution in [0.1, 0.15) is 19.3 Å². The van der Waals surface area contributed by atoms with Crippen LogP contribution in [0.4, 0.5) is 5.69 Å². The molecule has 3 rings (SSSR count). The van der Waals surface area contributed by atoms with Gasteiger partial charge in [0.15, 0.2) is 0 Å². The van der Waals surface area contributed by atoms with Crippen LogP contribution >= 0.6 is 24.0 Å². The van der Waals surface area contributed by atoms with Crippen molar-refractivity contribution in [1.29, 1.82) is 0 Å². The molecule has 2 heterocycles. The largest absolute Gasteiger partial charge is 0.325 e. The zero-order chi connectivity index (χ0) is 14.7. The Hall–Kier alpha value is -0.810. The summed E-state index contributed by atoms with van der Waals surface area (Å²) < 4.78 is 0. The minimum Gasteiger partial charge on any atom is -0.325 e. The summed E-state index contributed by atoms with van der Waals surface area (Å²) in [5.74, 6) is 0.0357. The fourth-order valence-electron chi connectivity index (χ4n) is 3.40. The number of amides is 1. The van der Waals surface area contributed by atoms with Crippen molar-refractivity contribution in [2.24, 2.45) is 5.41 Å². The number of nitrogens with one attached hydrogen (secondary N) is 2. The molecule has 2 saturated heterocycles. The van der Waals surface area contributed by atoms with Gasteiger partial charge in [0.25, 0.3) is 0 Å². The molecule has 1 atom stereocenters. The third kappa shape index (κ3) is 4.13. The number of anilines is 1. The number of carbonyl (C=O) groups is 1. The van der Waals surface area contributed by atoms with Crippen LogP contribution in [0.2, 0.25) is 5.02 Å². The molecular weight excluding hydrogens is 321 g/mol. The smallest absolute Gasteiger partial charge is 0.225 e. The monoisotopic (exact) mass is 343 g/mol. The molecule has 4 nitrogen and oxygen atoms in total. The number of hydrogen-bond donors (Lipinski definition) is 2. The highest BCUT2D eigenvalue weighted by molar-refractivity contribution is 6.33. The molecule has 2 aliphatic heterocycles. The molecule has 1 amide bonds. The number of carbonyl (C=O) groups excluding carboxylic acids is 1. The highest BCUT2D eigenvalue weighted by Gasteiger charge is 2.39. The van der Waals surface area contributed by atoms with Gasteiger partial charge in [0.1, 0.15) is 0 Å². The molecule has 2 fully saturated rings. The van der Waals surface area contributed by atoms with E-state index in [4.69, 9.17) is 11.6 Å². The van der Waals surface area contributed by atoms with E-state index in [1.54, 1.807) is 6.07 Å². The fraction of sp³-hybridized carbons (Fsp3) is 0.562.